The molecule has 4 atom stereocenters. The average molecular weight is 212 g/mol. The molecule has 0 aromatic carbocycles. The number of hydrogen-bond acceptors (Lipinski definition) is 3. The molecule has 15 heavy (non-hydrogen) atoms. The van der Waals surface area contributed by atoms with Gasteiger partial charge in [0.15, 0.2) is 0 Å². The third kappa shape index (κ3) is 2.35. The van der Waals surface area contributed by atoms with Gasteiger partial charge in [0.05, 0.1) is 12.2 Å². The molecule has 88 valence electrons. The van der Waals surface area contributed by atoms with E-state index in [0.717, 1.165) is 13.1 Å². The van der Waals surface area contributed by atoms with Gasteiger partial charge in [-0.2, -0.15) is 0 Å². The van der Waals surface area contributed by atoms with Gasteiger partial charge in [-0.25, -0.2) is 10.0 Å². The molecule has 0 aromatic heterocycles. The first kappa shape index (κ1) is 11.4. The second-order valence-corrected chi connectivity index (χ2v) is 5.28. The van der Waals surface area contributed by atoms with Crippen LogP contribution in [0.5, 0.6) is 0 Å². The molecular formula is C12H24N2O. The van der Waals surface area contributed by atoms with E-state index >= 15 is 0 Å². The zero-order valence-corrected chi connectivity index (χ0v) is 10.4. The summed E-state index contributed by atoms with van der Waals surface area (Å²) in [6.07, 6.45) is 3.41. The number of hydrogen-bond donors (Lipinski definition) is 0. The summed E-state index contributed by atoms with van der Waals surface area (Å²) in [4.78, 5) is 0. The molecule has 2 rings (SSSR count). The van der Waals surface area contributed by atoms with E-state index in [4.69, 9.17) is 4.74 Å². The molecule has 2 fully saturated rings. The Morgan fingerprint density at radius 3 is 1.80 bits per heavy atom. The van der Waals surface area contributed by atoms with E-state index in [-0.39, 0.29) is 0 Å². The van der Waals surface area contributed by atoms with Crippen LogP contribution in [0.4, 0.5) is 0 Å². The number of hydrazine groups is 1. The number of ether oxygens (including phenoxy) is 1. The molecule has 0 spiro atoms. The Balaban J connectivity index is 2.02. The number of nitrogens with zero attached hydrogens (tertiary/aromatic N) is 2. The maximum atomic E-state index is 5.78. The highest BCUT2D eigenvalue weighted by Crippen LogP contribution is 2.27. The van der Waals surface area contributed by atoms with Crippen LogP contribution in [-0.2, 0) is 4.74 Å². The van der Waals surface area contributed by atoms with Gasteiger partial charge in [0.1, 0.15) is 0 Å². The van der Waals surface area contributed by atoms with E-state index in [1.165, 1.54) is 12.8 Å². The highest BCUT2D eigenvalue weighted by atomic mass is 16.5. The van der Waals surface area contributed by atoms with Crippen molar-refractivity contribution >= 4 is 0 Å². The fraction of sp³-hybridized carbons (Fsp3) is 1.00. The van der Waals surface area contributed by atoms with Crippen molar-refractivity contribution in [3.05, 3.63) is 0 Å². The Morgan fingerprint density at radius 1 is 0.867 bits per heavy atom. The highest BCUT2D eigenvalue weighted by molar-refractivity contribution is 4.83. The molecule has 2 aliphatic heterocycles. The number of morpholine rings is 1. The van der Waals surface area contributed by atoms with Crippen LogP contribution >= 0.6 is 0 Å². The summed E-state index contributed by atoms with van der Waals surface area (Å²) >= 11 is 0. The largest absolute Gasteiger partial charge is 0.373 e. The third-order valence-electron chi connectivity index (χ3n) is 3.63. The van der Waals surface area contributed by atoms with Gasteiger partial charge in [-0.1, -0.05) is 0 Å². The maximum Gasteiger partial charge on any atom is 0.0692 e. The Labute approximate surface area is 93.3 Å². The minimum Gasteiger partial charge on any atom is -0.373 e. The summed E-state index contributed by atoms with van der Waals surface area (Å²) in [5.74, 6) is 0. The molecule has 2 saturated heterocycles. The van der Waals surface area contributed by atoms with Crippen LogP contribution in [0.2, 0.25) is 0 Å². The second-order valence-electron chi connectivity index (χ2n) is 5.28. The third-order valence-corrected chi connectivity index (χ3v) is 3.63. The van der Waals surface area contributed by atoms with Crippen LogP contribution in [0, 0.1) is 0 Å². The lowest BCUT2D eigenvalue weighted by atomic mass is 10.2. The lowest BCUT2D eigenvalue weighted by Gasteiger charge is -2.44. The molecule has 0 radical (unpaired) electrons. The molecule has 0 N–H and O–H groups in total. The van der Waals surface area contributed by atoms with Gasteiger partial charge in [-0.15, -0.1) is 0 Å². The smallest absolute Gasteiger partial charge is 0.0692 e. The molecule has 2 aliphatic rings. The van der Waals surface area contributed by atoms with Gasteiger partial charge in [-0.05, 0) is 40.5 Å². The maximum absolute atomic E-state index is 5.78. The lowest BCUT2D eigenvalue weighted by Crippen LogP contribution is -2.56. The average Bonchev–Trinajstić information content (AvgIpc) is 2.44. The Morgan fingerprint density at radius 2 is 1.33 bits per heavy atom. The molecule has 3 heteroatoms. The van der Waals surface area contributed by atoms with Crippen molar-refractivity contribution in [1.82, 2.24) is 10.0 Å². The van der Waals surface area contributed by atoms with Crippen LogP contribution in [0.25, 0.3) is 0 Å². The van der Waals surface area contributed by atoms with E-state index in [1.54, 1.807) is 0 Å². The summed E-state index contributed by atoms with van der Waals surface area (Å²) < 4.78 is 5.78. The minimum atomic E-state index is 0.369. The molecule has 0 amide bonds. The highest BCUT2D eigenvalue weighted by Gasteiger charge is 2.35. The standard InChI is InChI=1S/C12H24N2O/c1-9-5-6-10(2)14(9)13-7-11(3)15-12(4)8-13/h9-12H,5-8H2,1-4H3/t9-,10-,11-,12+/m1/s1. The van der Waals surface area contributed by atoms with Crippen molar-refractivity contribution < 1.29 is 4.74 Å². The minimum absolute atomic E-state index is 0.369. The summed E-state index contributed by atoms with van der Waals surface area (Å²) in [6, 6.07) is 1.41. The predicted octanol–water partition coefficient (Wildman–Crippen LogP) is 1.88. The van der Waals surface area contributed by atoms with E-state index in [9.17, 15) is 0 Å². The summed E-state index contributed by atoms with van der Waals surface area (Å²) in [5, 5.41) is 5.09. The zero-order chi connectivity index (χ0) is 11.0. The first-order chi connectivity index (χ1) is 7.08. The quantitative estimate of drug-likeness (QED) is 0.660. The van der Waals surface area contributed by atoms with Crippen molar-refractivity contribution in [3.63, 3.8) is 0 Å². The van der Waals surface area contributed by atoms with Gasteiger partial charge in [0.2, 0.25) is 0 Å². The van der Waals surface area contributed by atoms with Gasteiger partial charge in [0, 0.05) is 25.2 Å². The summed E-state index contributed by atoms with van der Waals surface area (Å²) in [6.45, 7) is 11.1. The summed E-state index contributed by atoms with van der Waals surface area (Å²) in [5.41, 5.74) is 0. The fourth-order valence-electron chi connectivity index (χ4n) is 3.08. The monoisotopic (exact) mass is 212 g/mol. The van der Waals surface area contributed by atoms with E-state index in [1.807, 2.05) is 0 Å². The Kier molecular flexibility index (Phi) is 3.33. The fourth-order valence-corrected chi connectivity index (χ4v) is 3.08. The van der Waals surface area contributed by atoms with Crippen LogP contribution in [0.3, 0.4) is 0 Å². The number of rotatable bonds is 1. The molecule has 2 heterocycles. The molecule has 0 saturated carbocycles. The summed E-state index contributed by atoms with van der Waals surface area (Å²) in [7, 11) is 0. The van der Waals surface area contributed by atoms with Crippen molar-refractivity contribution in [2.75, 3.05) is 13.1 Å². The van der Waals surface area contributed by atoms with Gasteiger partial charge < -0.3 is 4.74 Å². The van der Waals surface area contributed by atoms with Gasteiger partial charge >= 0.3 is 0 Å². The van der Waals surface area contributed by atoms with Gasteiger partial charge in [-0.3, -0.25) is 0 Å². The normalized spacial score (nSPS) is 44.8. The van der Waals surface area contributed by atoms with Crippen molar-refractivity contribution in [2.24, 2.45) is 0 Å². The van der Waals surface area contributed by atoms with Gasteiger partial charge in [0.25, 0.3) is 0 Å². The molecule has 0 unspecified atom stereocenters. The van der Waals surface area contributed by atoms with E-state index in [0.29, 0.717) is 24.3 Å². The molecular weight excluding hydrogens is 188 g/mol. The zero-order valence-electron chi connectivity index (χ0n) is 10.4. The second kappa shape index (κ2) is 4.40. The van der Waals surface area contributed by atoms with Crippen molar-refractivity contribution in [2.45, 2.75) is 64.8 Å². The SMILES string of the molecule is C[C@@H]1CN(N2[C@H](C)CC[C@H]2C)C[C@H](C)O1. The molecule has 0 aliphatic carbocycles. The van der Waals surface area contributed by atoms with E-state index < -0.39 is 0 Å². The Hall–Kier alpha value is -0.120. The first-order valence-electron chi connectivity index (χ1n) is 6.26. The van der Waals surface area contributed by atoms with Crippen LogP contribution in [-0.4, -0.2) is 47.4 Å². The topological polar surface area (TPSA) is 15.7 Å². The Bertz CT molecular complexity index is 202. The molecule has 3 nitrogen and oxygen atoms in total. The van der Waals surface area contributed by atoms with Crippen molar-refractivity contribution in [3.8, 4) is 0 Å². The first-order valence-corrected chi connectivity index (χ1v) is 6.26. The lowest BCUT2D eigenvalue weighted by molar-refractivity contribution is -0.160. The van der Waals surface area contributed by atoms with Crippen LogP contribution in [0.1, 0.15) is 40.5 Å². The van der Waals surface area contributed by atoms with Crippen molar-refractivity contribution in [1.29, 1.82) is 0 Å². The van der Waals surface area contributed by atoms with Crippen LogP contribution < -0.4 is 0 Å². The van der Waals surface area contributed by atoms with E-state index in [2.05, 4.69) is 37.7 Å². The molecule has 0 aromatic rings. The predicted molar refractivity (Wildman–Crippen MR) is 61.6 cm³/mol. The molecule has 0 bridgehead atoms. The van der Waals surface area contributed by atoms with Crippen LogP contribution in [0.15, 0.2) is 0 Å².